The quantitative estimate of drug-likeness (QED) is 0.338. The van der Waals surface area contributed by atoms with Gasteiger partial charge in [-0.2, -0.15) is 0 Å². The molecule has 2 saturated heterocycles. The summed E-state index contributed by atoms with van der Waals surface area (Å²) in [6.45, 7) is 12.7. The van der Waals surface area contributed by atoms with Crippen molar-refractivity contribution < 1.29 is 38.6 Å². The Morgan fingerprint density at radius 2 is 1.17 bits per heavy atom. The molecule has 0 radical (unpaired) electrons. The Bertz CT molecular complexity index is 434. The van der Waals surface area contributed by atoms with E-state index in [2.05, 4.69) is 13.2 Å². The summed E-state index contributed by atoms with van der Waals surface area (Å²) in [5, 5.41) is 20.5. The van der Waals surface area contributed by atoms with E-state index in [1.807, 2.05) is 13.8 Å². The largest absolute Gasteiger partial charge is 0.390 e. The molecule has 0 bridgehead atoms. The molecule has 0 aromatic heterocycles. The van der Waals surface area contributed by atoms with Crippen LogP contribution in [0.1, 0.15) is 39.5 Å². The first kappa shape index (κ1) is 25.4. The minimum Gasteiger partial charge on any atom is -0.390 e. The van der Waals surface area contributed by atoms with Gasteiger partial charge in [0.05, 0.1) is 37.6 Å². The fourth-order valence-corrected chi connectivity index (χ4v) is 3.73. The zero-order valence-electron chi connectivity index (χ0n) is 18.2. The predicted molar refractivity (Wildman–Crippen MR) is 111 cm³/mol. The molecule has 2 heterocycles. The molecule has 8 heteroatoms. The average Bonchev–Trinajstić information content (AvgIpc) is 2.69. The molecule has 0 amide bonds. The second kappa shape index (κ2) is 13.5. The van der Waals surface area contributed by atoms with Crippen molar-refractivity contribution >= 4 is 0 Å². The molecule has 2 rings (SSSR count). The summed E-state index contributed by atoms with van der Waals surface area (Å²) in [5.74, 6) is 0. The Balaban J connectivity index is 1.56. The molecule has 2 aliphatic heterocycles. The number of aliphatic hydroxyl groups is 2. The highest BCUT2D eigenvalue weighted by Gasteiger charge is 2.37. The van der Waals surface area contributed by atoms with E-state index in [1.54, 1.807) is 12.2 Å². The van der Waals surface area contributed by atoms with Crippen LogP contribution >= 0.6 is 0 Å². The maximum atomic E-state index is 10.2. The molecule has 0 aromatic rings. The number of rotatable bonds is 13. The first-order valence-corrected chi connectivity index (χ1v) is 10.8. The molecule has 0 aliphatic carbocycles. The Labute approximate surface area is 179 Å². The van der Waals surface area contributed by atoms with E-state index >= 15 is 0 Å². The predicted octanol–water partition coefficient (Wildman–Crippen LogP) is 1.93. The Hall–Kier alpha value is -0.840. The van der Waals surface area contributed by atoms with Crippen LogP contribution in [0.5, 0.6) is 0 Å². The summed E-state index contributed by atoms with van der Waals surface area (Å²) in [6.07, 6.45) is 2.26. The topological polar surface area (TPSA) is 95.8 Å². The second-order valence-corrected chi connectivity index (χ2v) is 7.77. The van der Waals surface area contributed by atoms with Crippen LogP contribution in [0, 0.1) is 0 Å². The van der Waals surface area contributed by atoms with Crippen molar-refractivity contribution in [3.8, 4) is 0 Å². The Kier molecular flexibility index (Phi) is 11.5. The maximum absolute atomic E-state index is 10.2. The summed E-state index contributed by atoms with van der Waals surface area (Å²) in [5.41, 5.74) is 0. The summed E-state index contributed by atoms with van der Waals surface area (Å²) < 4.78 is 34.2. The fraction of sp³-hybridized carbons (Fsp3) is 0.818. The number of unbranched alkanes of at least 4 members (excludes halogenated alkanes) is 1. The lowest BCUT2D eigenvalue weighted by atomic mass is 10.0. The van der Waals surface area contributed by atoms with Crippen molar-refractivity contribution in [1.82, 2.24) is 0 Å². The second-order valence-electron chi connectivity index (χ2n) is 7.77. The number of hydrogen-bond donors (Lipinski definition) is 2. The zero-order chi connectivity index (χ0) is 21.9. The Morgan fingerprint density at radius 3 is 1.50 bits per heavy atom. The molecule has 2 fully saturated rings. The molecule has 8 atom stereocenters. The smallest absolute Gasteiger partial charge is 0.160 e. The lowest BCUT2D eigenvalue weighted by molar-refractivity contribution is -0.257. The third-order valence-electron chi connectivity index (χ3n) is 5.24. The van der Waals surface area contributed by atoms with Gasteiger partial charge in [0.1, 0.15) is 12.2 Å². The van der Waals surface area contributed by atoms with Crippen molar-refractivity contribution in [1.29, 1.82) is 0 Å². The van der Waals surface area contributed by atoms with Crippen LogP contribution in [0.2, 0.25) is 0 Å². The molecule has 0 unspecified atom stereocenters. The molecule has 2 aliphatic rings. The summed E-state index contributed by atoms with van der Waals surface area (Å²) in [4.78, 5) is 0. The van der Waals surface area contributed by atoms with Crippen LogP contribution in [-0.2, 0) is 28.4 Å². The molecule has 2 N–H and O–H groups in total. The molecule has 8 nitrogen and oxygen atoms in total. The van der Waals surface area contributed by atoms with Crippen LogP contribution < -0.4 is 0 Å². The van der Waals surface area contributed by atoms with Crippen molar-refractivity contribution in [3.05, 3.63) is 25.3 Å². The molecule has 0 saturated carbocycles. The summed E-state index contributed by atoms with van der Waals surface area (Å²) in [7, 11) is 0. The van der Waals surface area contributed by atoms with Gasteiger partial charge in [-0.25, -0.2) is 0 Å². The maximum Gasteiger partial charge on any atom is 0.160 e. The van der Waals surface area contributed by atoms with Gasteiger partial charge in [-0.1, -0.05) is 12.2 Å². The molecular formula is C22H38O8. The first-order valence-electron chi connectivity index (χ1n) is 10.8. The van der Waals surface area contributed by atoms with Crippen LogP contribution in [0.3, 0.4) is 0 Å². The highest BCUT2D eigenvalue weighted by Crippen LogP contribution is 2.25. The Morgan fingerprint density at radius 1 is 0.767 bits per heavy atom. The van der Waals surface area contributed by atoms with Crippen LogP contribution in [0.4, 0.5) is 0 Å². The van der Waals surface area contributed by atoms with Gasteiger partial charge >= 0.3 is 0 Å². The van der Waals surface area contributed by atoms with Crippen molar-refractivity contribution in [2.45, 2.75) is 88.7 Å². The van der Waals surface area contributed by atoms with Crippen molar-refractivity contribution in [3.63, 3.8) is 0 Å². The highest BCUT2D eigenvalue weighted by molar-refractivity contribution is 4.84. The third-order valence-corrected chi connectivity index (χ3v) is 5.24. The SMILES string of the molecule is C=CCO[C@H]1[C@H](C)O[C@@H](OCCCCO[C@H]2C[C@H](O)[C@@H](OCC=C)[C@H](C)O2)C[C@@H]1O. The lowest BCUT2D eigenvalue weighted by Crippen LogP contribution is -2.49. The van der Waals surface area contributed by atoms with Crippen molar-refractivity contribution in [2.75, 3.05) is 26.4 Å². The minimum absolute atomic E-state index is 0.252. The van der Waals surface area contributed by atoms with Gasteiger partial charge in [0.2, 0.25) is 0 Å². The number of aliphatic hydroxyl groups excluding tert-OH is 2. The molecule has 30 heavy (non-hydrogen) atoms. The van der Waals surface area contributed by atoms with E-state index in [1.165, 1.54) is 0 Å². The number of ether oxygens (including phenoxy) is 6. The molecule has 174 valence electrons. The lowest BCUT2D eigenvalue weighted by Gasteiger charge is -2.38. The summed E-state index contributed by atoms with van der Waals surface area (Å²) >= 11 is 0. The van der Waals surface area contributed by atoms with E-state index in [9.17, 15) is 10.2 Å². The van der Waals surface area contributed by atoms with Crippen LogP contribution in [0.25, 0.3) is 0 Å². The van der Waals surface area contributed by atoms with Crippen molar-refractivity contribution in [2.24, 2.45) is 0 Å². The molecular weight excluding hydrogens is 392 g/mol. The van der Waals surface area contributed by atoms with E-state index in [0.717, 1.165) is 12.8 Å². The normalized spacial score (nSPS) is 37.1. The van der Waals surface area contributed by atoms with Gasteiger partial charge in [0.25, 0.3) is 0 Å². The standard InChI is InChI=1S/C22H38O8/c1-5-9-27-21-15(3)29-19(13-17(21)23)25-11-7-8-12-26-20-14-18(24)22(16(4)30-20)28-10-6-2/h5-6,15-24H,1-2,7-14H2,3-4H3/t15-,16-,17-,18-,19+,20+,21-,22-/m0/s1. The van der Waals surface area contributed by atoms with Crippen LogP contribution in [-0.4, -0.2) is 85.8 Å². The monoisotopic (exact) mass is 430 g/mol. The summed E-state index contributed by atoms with van der Waals surface area (Å²) in [6, 6.07) is 0. The van der Waals surface area contributed by atoms with E-state index in [4.69, 9.17) is 28.4 Å². The molecule has 0 aromatic carbocycles. The van der Waals surface area contributed by atoms with Gasteiger partial charge < -0.3 is 38.6 Å². The first-order chi connectivity index (χ1) is 14.5. The van der Waals surface area contributed by atoms with Gasteiger partial charge in [-0.05, 0) is 26.7 Å². The average molecular weight is 431 g/mol. The van der Waals surface area contributed by atoms with Gasteiger partial charge in [0.15, 0.2) is 12.6 Å². The van der Waals surface area contributed by atoms with Gasteiger partial charge in [-0.3, -0.25) is 0 Å². The van der Waals surface area contributed by atoms with E-state index in [0.29, 0.717) is 39.3 Å². The number of hydrogen-bond acceptors (Lipinski definition) is 8. The zero-order valence-corrected chi connectivity index (χ0v) is 18.2. The van der Waals surface area contributed by atoms with E-state index < -0.39 is 24.8 Å². The molecule has 0 spiro atoms. The van der Waals surface area contributed by atoms with Gasteiger partial charge in [0, 0.05) is 26.1 Å². The van der Waals surface area contributed by atoms with Gasteiger partial charge in [-0.15, -0.1) is 13.2 Å². The fourth-order valence-electron chi connectivity index (χ4n) is 3.73. The highest BCUT2D eigenvalue weighted by atomic mass is 16.7. The van der Waals surface area contributed by atoms with E-state index in [-0.39, 0.29) is 24.4 Å². The van der Waals surface area contributed by atoms with Crippen LogP contribution in [0.15, 0.2) is 25.3 Å². The third kappa shape index (κ3) is 8.01. The minimum atomic E-state index is -0.627.